The molecule has 1 aromatic heterocycles. The van der Waals surface area contributed by atoms with Gasteiger partial charge >= 0.3 is 6.36 Å². The number of benzene rings is 2. The van der Waals surface area contributed by atoms with Crippen molar-refractivity contribution in [3.05, 3.63) is 65.5 Å². The Balaban J connectivity index is 1.42. The van der Waals surface area contributed by atoms with Gasteiger partial charge in [0.05, 0.1) is 11.1 Å². The molecule has 1 aliphatic rings. The van der Waals surface area contributed by atoms with E-state index in [1.807, 2.05) is 0 Å². The van der Waals surface area contributed by atoms with Crippen LogP contribution in [-0.2, 0) is 6.42 Å². The molecule has 0 aliphatic carbocycles. The summed E-state index contributed by atoms with van der Waals surface area (Å²) in [5, 5.41) is 3.78. The number of hydrogen-bond donors (Lipinski definition) is 0. The molecule has 0 unspecified atom stereocenters. The third-order valence-electron chi connectivity index (χ3n) is 4.24. The zero-order valence-electron chi connectivity index (χ0n) is 14.6. The van der Waals surface area contributed by atoms with Gasteiger partial charge in [-0.15, -0.1) is 13.2 Å². The first kappa shape index (κ1) is 18.7. The van der Waals surface area contributed by atoms with Gasteiger partial charge in [-0.25, -0.2) is 0 Å². The Bertz CT molecular complexity index is 1040. The van der Waals surface area contributed by atoms with Gasteiger partial charge in [0, 0.05) is 18.5 Å². The van der Waals surface area contributed by atoms with E-state index in [0.29, 0.717) is 16.7 Å². The minimum atomic E-state index is -4.77. The molecule has 0 saturated heterocycles. The van der Waals surface area contributed by atoms with Gasteiger partial charge in [0.15, 0.2) is 0 Å². The number of alkyl halides is 3. The predicted octanol–water partition coefficient (Wildman–Crippen LogP) is 3.47. The van der Waals surface area contributed by atoms with Crippen molar-refractivity contribution in [2.45, 2.75) is 12.8 Å². The molecule has 0 N–H and O–H groups in total. The molecule has 4 rings (SSSR count). The summed E-state index contributed by atoms with van der Waals surface area (Å²) in [6.45, 7) is 0.0618. The number of rotatable bonds is 5. The lowest BCUT2D eigenvalue weighted by molar-refractivity contribution is -0.274. The molecule has 0 saturated carbocycles. The summed E-state index contributed by atoms with van der Waals surface area (Å²) < 4.78 is 45.5. The van der Waals surface area contributed by atoms with Crippen LogP contribution < -0.4 is 4.74 Å². The zero-order chi connectivity index (χ0) is 20.6. The molecule has 2 amide bonds. The van der Waals surface area contributed by atoms with E-state index in [1.165, 1.54) is 12.1 Å². The fourth-order valence-electron chi connectivity index (χ4n) is 2.93. The fraction of sp³-hybridized carbons (Fsp3) is 0.158. The number of carbonyl (C=O) groups excluding carboxylic acids is 2. The second-order valence-corrected chi connectivity index (χ2v) is 6.14. The smallest absolute Gasteiger partial charge is 0.406 e. The molecular formula is C19H12F3N3O4. The summed E-state index contributed by atoms with van der Waals surface area (Å²) in [5.41, 5.74) is 1.13. The van der Waals surface area contributed by atoms with Crippen molar-refractivity contribution in [2.24, 2.45) is 0 Å². The van der Waals surface area contributed by atoms with Gasteiger partial charge < -0.3 is 9.26 Å². The molecule has 2 aromatic carbocycles. The molecule has 0 atom stereocenters. The van der Waals surface area contributed by atoms with Crippen LogP contribution in [-0.4, -0.2) is 39.8 Å². The van der Waals surface area contributed by atoms with Crippen molar-refractivity contribution in [3.63, 3.8) is 0 Å². The Morgan fingerprint density at radius 2 is 1.59 bits per heavy atom. The number of fused-ring (bicyclic) bond motifs is 1. The molecule has 0 radical (unpaired) electrons. The lowest BCUT2D eigenvalue weighted by atomic mass is 10.1. The first-order valence-corrected chi connectivity index (χ1v) is 8.46. The van der Waals surface area contributed by atoms with Crippen molar-refractivity contribution < 1.29 is 32.0 Å². The van der Waals surface area contributed by atoms with Crippen LogP contribution in [0.2, 0.25) is 0 Å². The Labute approximate surface area is 161 Å². The molecule has 29 heavy (non-hydrogen) atoms. The minimum Gasteiger partial charge on any atom is -0.406 e. The maximum atomic E-state index is 12.3. The molecule has 148 valence electrons. The highest BCUT2D eigenvalue weighted by atomic mass is 19.4. The Kier molecular flexibility index (Phi) is 4.53. The van der Waals surface area contributed by atoms with Crippen LogP contribution in [0.1, 0.15) is 26.6 Å². The van der Waals surface area contributed by atoms with Crippen molar-refractivity contribution >= 4 is 11.8 Å². The van der Waals surface area contributed by atoms with Crippen LogP contribution >= 0.6 is 0 Å². The second-order valence-electron chi connectivity index (χ2n) is 6.14. The van der Waals surface area contributed by atoms with Crippen molar-refractivity contribution in [1.29, 1.82) is 0 Å². The van der Waals surface area contributed by atoms with E-state index >= 15 is 0 Å². The second kappa shape index (κ2) is 7.04. The zero-order valence-corrected chi connectivity index (χ0v) is 14.6. The number of aromatic nitrogens is 2. The molecule has 10 heteroatoms. The predicted molar refractivity (Wildman–Crippen MR) is 91.9 cm³/mol. The van der Waals surface area contributed by atoms with E-state index in [2.05, 4.69) is 14.9 Å². The highest BCUT2D eigenvalue weighted by Gasteiger charge is 2.35. The van der Waals surface area contributed by atoms with Crippen LogP contribution in [0.15, 0.2) is 53.1 Å². The van der Waals surface area contributed by atoms with Gasteiger partial charge in [0.1, 0.15) is 5.75 Å². The normalized spacial score (nSPS) is 13.7. The summed E-state index contributed by atoms with van der Waals surface area (Å²) in [7, 11) is 0. The molecule has 3 aromatic rings. The highest BCUT2D eigenvalue weighted by Crippen LogP contribution is 2.26. The van der Waals surface area contributed by atoms with Crippen LogP contribution in [0.4, 0.5) is 13.2 Å². The number of amides is 2. The lowest BCUT2D eigenvalue weighted by Gasteiger charge is -2.11. The standard InChI is InChI=1S/C19H12F3N3O4/c20-19(21,22)28-12-7-5-11(6-8-12)16-23-15(29-24-16)9-10-25-17(26)13-3-1-2-4-14(13)18(25)27/h1-8H,9-10H2. The number of hydrogen-bond acceptors (Lipinski definition) is 6. The maximum absolute atomic E-state index is 12.3. The molecule has 7 nitrogen and oxygen atoms in total. The van der Waals surface area contributed by atoms with Gasteiger partial charge in [-0.2, -0.15) is 4.98 Å². The summed E-state index contributed by atoms with van der Waals surface area (Å²) in [6, 6.07) is 11.5. The lowest BCUT2D eigenvalue weighted by Crippen LogP contribution is -2.31. The summed E-state index contributed by atoms with van der Waals surface area (Å²) in [4.78, 5) is 29.9. The van der Waals surface area contributed by atoms with Crippen LogP contribution in [0.3, 0.4) is 0 Å². The Morgan fingerprint density at radius 1 is 0.966 bits per heavy atom. The average molecular weight is 403 g/mol. The maximum Gasteiger partial charge on any atom is 0.573 e. The fourth-order valence-corrected chi connectivity index (χ4v) is 2.93. The van der Waals surface area contributed by atoms with E-state index in [4.69, 9.17) is 4.52 Å². The van der Waals surface area contributed by atoms with Crippen LogP contribution in [0.5, 0.6) is 5.75 Å². The van der Waals surface area contributed by atoms with Gasteiger partial charge in [0.2, 0.25) is 11.7 Å². The van der Waals surface area contributed by atoms with Crippen molar-refractivity contribution in [2.75, 3.05) is 6.54 Å². The number of imide groups is 1. The third-order valence-corrected chi connectivity index (χ3v) is 4.24. The molecular weight excluding hydrogens is 391 g/mol. The van der Waals surface area contributed by atoms with Crippen molar-refractivity contribution in [1.82, 2.24) is 15.0 Å². The third kappa shape index (κ3) is 3.82. The largest absolute Gasteiger partial charge is 0.573 e. The van der Waals surface area contributed by atoms with E-state index in [1.54, 1.807) is 24.3 Å². The first-order chi connectivity index (χ1) is 13.8. The average Bonchev–Trinajstić information content (AvgIpc) is 3.24. The number of ether oxygens (including phenoxy) is 1. The summed E-state index contributed by atoms with van der Waals surface area (Å²) in [5.74, 6) is -0.778. The van der Waals surface area contributed by atoms with E-state index in [-0.39, 0.29) is 42.2 Å². The molecule has 0 bridgehead atoms. The quantitative estimate of drug-likeness (QED) is 0.607. The van der Waals surface area contributed by atoms with E-state index in [0.717, 1.165) is 17.0 Å². The van der Waals surface area contributed by atoms with Crippen LogP contribution in [0, 0.1) is 0 Å². The Hall–Kier alpha value is -3.69. The first-order valence-electron chi connectivity index (χ1n) is 8.46. The summed E-state index contributed by atoms with van der Waals surface area (Å²) >= 11 is 0. The number of halogens is 3. The minimum absolute atomic E-state index is 0.0618. The molecule has 2 heterocycles. The Morgan fingerprint density at radius 3 is 2.17 bits per heavy atom. The highest BCUT2D eigenvalue weighted by molar-refractivity contribution is 6.21. The van der Waals surface area contributed by atoms with E-state index < -0.39 is 6.36 Å². The monoisotopic (exact) mass is 403 g/mol. The molecule has 0 fully saturated rings. The topological polar surface area (TPSA) is 85.5 Å². The molecule has 0 spiro atoms. The van der Waals surface area contributed by atoms with Gasteiger partial charge in [-0.3, -0.25) is 14.5 Å². The number of nitrogens with zero attached hydrogens (tertiary/aromatic N) is 3. The van der Waals surface area contributed by atoms with Gasteiger partial charge in [-0.1, -0.05) is 17.3 Å². The SMILES string of the molecule is O=C1c2ccccc2C(=O)N1CCc1nc(-c2ccc(OC(F)(F)F)cc2)no1. The molecule has 1 aliphatic heterocycles. The number of carbonyl (C=O) groups is 2. The van der Waals surface area contributed by atoms with Gasteiger partial charge in [-0.05, 0) is 36.4 Å². The van der Waals surface area contributed by atoms with Gasteiger partial charge in [0.25, 0.3) is 11.8 Å². The summed E-state index contributed by atoms with van der Waals surface area (Å²) in [6.07, 6.45) is -4.63. The van der Waals surface area contributed by atoms with Crippen LogP contribution in [0.25, 0.3) is 11.4 Å². The van der Waals surface area contributed by atoms with Crippen molar-refractivity contribution in [3.8, 4) is 17.1 Å². The van der Waals surface area contributed by atoms with E-state index in [9.17, 15) is 22.8 Å².